The van der Waals surface area contributed by atoms with Crippen molar-refractivity contribution in [1.29, 1.82) is 0 Å². The predicted octanol–water partition coefficient (Wildman–Crippen LogP) is 3.13. The van der Waals surface area contributed by atoms with Crippen molar-refractivity contribution in [3.8, 4) is 17.5 Å². The van der Waals surface area contributed by atoms with Crippen molar-refractivity contribution in [3.63, 3.8) is 0 Å². The first kappa shape index (κ1) is 24.6. The lowest BCUT2D eigenvalue weighted by atomic mass is 10.1. The molecular formula is C29H22N8O3. The molecule has 11 heteroatoms. The number of benzene rings is 1. The van der Waals surface area contributed by atoms with Crippen LogP contribution in [-0.4, -0.2) is 35.2 Å². The SMILES string of the molecule is C[C@@H](NC(=O)c1c(N)ncc2cccnc12)c1nc2occ(C#Cc3cnn(C)c3)c2c(=O)n1-c1ccccc1. The van der Waals surface area contributed by atoms with E-state index in [4.69, 9.17) is 10.2 Å². The average molecular weight is 531 g/mol. The van der Waals surface area contributed by atoms with Gasteiger partial charge in [0.15, 0.2) is 0 Å². The number of nitrogen functional groups attached to an aromatic ring is 1. The summed E-state index contributed by atoms with van der Waals surface area (Å²) in [5, 5.41) is 7.92. The smallest absolute Gasteiger partial charge is 0.270 e. The number of pyridine rings is 2. The number of nitrogens with zero attached hydrogens (tertiary/aromatic N) is 6. The molecule has 40 heavy (non-hydrogen) atoms. The zero-order valence-electron chi connectivity index (χ0n) is 21.5. The van der Waals surface area contributed by atoms with Crippen molar-refractivity contribution in [2.24, 2.45) is 7.05 Å². The van der Waals surface area contributed by atoms with E-state index >= 15 is 0 Å². The second-order valence-electron chi connectivity index (χ2n) is 9.08. The van der Waals surface area contributed by atoms with Gasteiger partial charge in [-0.3, -0.25) is 23.8 Å². The van der Waals surface area contributed by atoms with Crippen molar-refractivity contribution in [2.45, 2.75) is 13.0 Å². The lowest BCUT2D eigenvalue weighted by Gasteiger charge is -2.19. The first-order chi connectivity index (χ1) is 19.4. The zero-order chi connectivity index (χ0) is 27.8. The number of carbonyl (C=O) groups excluding carboxylic acids is 1. The lowest BCUT2D eigenvalue weighted by molar-refractivity contribution is 0.0940. The van der Waals surface area contributed by atoms with Crippen LogP contribution in [0, 0.1) is 11.8 Å². The molecule has 11 nitrogen and oxygen atoms in total. The number of carbonyl (C=O) groups is 1. The summed E-state index contributed by atoms with van der Waals surface area (Å²) in [6, 6.07) is 11.8. The fourth-order valence-electron chi connectivity index (χ4n) is 4.45. The second-order valence-corrected chi connectivity index (χ2v) is 9.08. The molecule has 0 unspecified atom stereocenters. The second kappa shape index (κ2) is 9.85. The summed E-state index contributed by atoms with van der Waals surface area (Å²) in [4.78, 5) is 40.5. The molecule has 196 valence electrons. The highest BCUT2D eigenvalue weighted by atomic mass is 16.3. The summed E-state index contributed by atoms with van der Waals surface area (Å²) < 4.78 is 8.76. The molecule has 0 radical (unpaired) electrons. The number of aromatic nitrogens is 6. The fraction of sp³-hybridized carbons (Fsp3) is 0.103. The fourth-order valence-corrected chi connectivity index (χ4v) is 4.45. The average Bonchev–Trinajstić information content (AvgIpc) is 3.57. The molecule has 0 aliphatic rings. The van der Waals surface area contributed by atoms with Gasteiger partial charge < -0.3 is 15.5 Å². The van der Waals surface area contributed by atoms with Crippen LogP contribution in [0.3, 0.4) is 0 Å². The van der Waals surface area contributed by atoms with Crippen LogP contribution in [0.4, 0.5) is 5.82 Å². The molecule has 0 aliphatic heterocycles. The Morgan fingerprint density at radius 3 is 2.70 bits per heavy atom. The van der Waals surface area contributed by atoms with E-state index in [1.807, 2.05) is 18.2 Å². The van der Waals surface area contributed by atoms with Gasteiger partial charge in [-0.05, 0) is 31.2 Å². The van der Waals surface area contributed by atoms with E-state index in [9.17, 15) is 9.59 Å². The Balaban J connectivity index is 1.45. The van der Waals surface area contributed by atoms with E-state index < -0.39 is 11.9 Å². The first-order valence-electron chi connectivity index (χ1n) is 12.3. The first-order valence-corrected chi connectivity index (χ1v) is 12.3. The molecule has 6 rings (SSSR count). The van der Waals surface area contributed by atoms with E-state index in [0.717, 1.165) is 0 Å². The van der Waals surface area contributed by atoms with Gasteiger partial charge in [0.05, 0.1) is 34.6 Å². The Kier molecular flexibility index (Phi) is 6.05. The van der Waals surface area contributed by atoms with Crippen LogP contribution in [0.15, 0.2) is 82.7 Å². The summed E-state index contributed by atoms with van der Waals surface area (Å²) in [6.07, 6.45) is 7.94. The van der Waals surface area contributed by atoms with Crippen molar-refractivity contribution in [1.82, 2.24) is 34.6 Å². The minimum atomic E-state index is -0.738. The number of fused-ring (bicyclic) bond motifs is 2. The van der Waals surface area contributed by atoms with Gasteiger partial charge >= 0.3 is 0 Å². The number of para-hydroxylation sites is 1. The van der Waals surface area contributed by atoms with E-state index in [-0.39, 0.29) is 33.9 Å². The van der Waals surface area contributed by atoms with Crippen LogP contribution in [-0.2, 0) is 7.05 Å². The highest BCUT2D eigenvalue weighted by Crippen LogP contribution is 2.24. The lowest BCUT2D eigenvalue weighted by Crippen LogP contribution is -2.33. The molecule has 0 spiro atoms. The minimum absolute atomic E-state index is 0.0441. The Bertz CT molecular complexity index is 2030. The molecular weight excluding hydrogens is 508 g/mol. The number of hydrogen-bond acceptors (Lipinski definition) is 8. The predicted molar refractivity (Wildman–Crippen MR) is 149 cm³/mol. The molecule has 0 aliphatic carbocycles. The Hall–Kier alpha value is -5.76. The normalized spacial score (nSPS) is 11.8. The van der Waals surface area contributed by atoms with Crippen molar-refractivity contribution in [2.75, 3.05) is 5.73 Å². The van der Waals surface area contributed by atoms with Crippen molar-refractivity contribution in [3.05, 3.63) is 106 Å². The summed E-state index contributed by atoms with van der Waals surface area (Å²) in [7, 11) is 1.80. The van der Waals surface area contributed by atoms with Gasteiger partial charge in [-0.15, -0.1) is 0 Å². The summed E-state index contributed by atoms with van der Waals surface area (Å²) >= 11 is 0. The number of hydrogen-bond donors (Lipinski definition) is 2. The van der Waals surface area contributed by atoms with Crippen LogP contribution in [0.5, 0.6) is 0 Å². The molecule has 0 saturated heterocycles. The Labute approximate surface area is 227 Å². The summed E-state index contributed by atoms with van der Waals surface area (Å²) in [6.45, 7) is 1.72. The molecule has 0 saturated carbocycles. The molecule has 5 aromatic heterocycles. The van der Waals surface area contributed by atoms with Gasteiger partial charge in [0.25, 0.3) is 11.5 Å². The quantitative estimate of drug-likeness (QED) is 0.331. The minimum Gasteiger partial charge on any atom is -0.445 e. The largest absolute Gasteiger partial charge is 0.445 e. The van der Waals surface area contributed by atoms with Crippen LogP contribution >= 0.6 is 0 Å². The van der Waals surface area contributed by atoms with Gasteiger partial charge in [-0.25, -0.2) is 4.98 Å². The number of nitrogens with one attached hydrogen (secondary N) is 1. The van der Waals surface area contributed by atoms with Gasteiger partial charge in [0, 0.05) is 31.0 Å². The summed E-state index contributed by atoms with van der Waals surface area (Å²) in [5.41, 5.74) is 8.02. The van der Waals surface area contributed by atoms with Gasteiger partial charge in [0.1, 0.15) is 28.9 Å². The molecule has 1 amide bonds. The highest BCUT2D eigenvalue weighted by Gasteiger charge is 2.25. The van der Waals surface area contributed by atoms with Gasteiger partial charge in [-0.1, -0.05) is 30.0 Å². The third-order valence-electron chi connectivity index (χ3n) is 6.33. The Morgan fingerprint density at radius 2 is 1.93 bits per heavy atom. The monoisotopic (exact) mass is 530 g/mol. The van der Waals surface area contributed by atoms with E-state index in [2.05, 4.69) is 37.2 Å². The third kappa shape index (κ3) is 4.33. The Morgan fingerprint density at radius 1 is 1.10 bits per heavy atom. The molecule has 0 bridgehead atoms. The van der Waals surface area contributed by atoms with Gasteiger partial charge in [-0.2, -0.15) is 10.1 Å². The van der Waals surface area contributed by atoms with Gasteiger partial charge in [0.2, 0.25) is 5.71 Å². The van der Waals surface area contributed by atoms with Crippen LogP contribution < -0.4 is 16.6 Å². The summed E-state index contributed by atoms with van der Waals surface area (Å²) in [5.74, 6) is 5.80. The molecule has 3 N–H and O–H groups in total. The van der Waals surface area contributed by atoms with E-state index in [0.29, 0.717) is 27.7 Å². The van der Waals surface area contributed by atoms with Crippen LogP contribution in [0.1, 0.15) is 40.3 Å². The van der Waals surface area contributed by atoms with Crippen molar-refractivity contribution >= 4 is 33.7 Å². The van der Waals surface area contributed by atoms with Crippen LogP contribution in [0.2, 0.25) is 0 Å². The number of anilines is 1. The number of amides is 1. The maximum atomic E-state index is 14.0. The number of rotatable bonds is 4. The molecule has 1 atom stereocenters. The van der Waals surface area contributed by atoms with E-state index in [1.54, 1.807) is 67.7 Å². The molecule has 0 fully saturated rings. The number of aryl methyl sites for hydroxylation is 1. The number of nitrogens with two attached hydrogens (primary N) is 1. The maximum absolute atomic E-state index is 14.0. The van der Waals surface area contributed by atoms with Crippen LogP contribution in [0.25, 0.3) is 27.7 Å². The topological polar surface area (TPSA) is 147 Å². The zero-order valence-corrected chi connectivity index (χ0v) is 21.5. The number of furan rings is 1. The highest BCUT2D eigenvalue weighted by molar-refractivity contribution is 6.09. The maximum Gasteiger partial charge on any atom is 0.270 e. The van der Waals surface area contributed by atoms with Crippen molar-refractivity contribution < 1.29 is 9.21 Å². The molecule has 6 aromatic rings. The molecule has 5 heterocycles. The van der Waals surface area contributed by atoms with E-state index in [1.165, 1.54) is 10.8 Å². The molecule has 1 aromatic carbocycles. The standard InChI is InChI=1S/C29H22N8O3/c1-17(34-27(38)23-24-19(7-6-12-31-24)14-32-25(23)30)26-35-28-22(29(39)37(26)21-8-4-3-5-9-21)20(16-40-28)11-10-18-13-33-36(2)15-18/h3-9,12-17H,1-2H3,(H2,30,32)(H,34,38)/t17-/m1/s1. The third-order valence-corrected chi connectivity index (χ3v) is 6.33.